The molecule has 0 spiro atoms. The molecule has 2 unspecified atom stereocenters. The van der Waals surface area contributed by atoms with E-state index >= 15 is 0 Å². The van der Waals surface area contributed by atoms with Crippen molar-refractivity contribution in [2.24, 2.45) is 0 Å². The number of halogens is 1. The van der Waals surface area contributed by atoms with E-state index in [9.17, 15) is 14.0 Å². The van der Waals surface area contributed by atoms with E-state index in [1.807, 2.05) is 49.1 Å². The van der Waals surface area contributed by atoms with Crippen molar-refractivity contribution in [1.29, 1.82) is 0 Å². The van der Waals surface area contributed by atoms with Gasteiger partial charge in [-0.1, -0.05) is 42.5 Å². The van der Waals surface area contributed by atoms with Crippen LogP contribution in [0.25, 0.3) is 5.57 Å². The molecule has 6 heteroatoms. The molecule has 2 aliphatic rings. The van der Waals surface area contributed by atoms with Crippen LogP contribution in [0.5, 0.6) is 0 Å². The highest BCUT2D eigenvalue weighted by molar-refractivity contribution is 6.35. The van der Waals surface area contributed by atoms with Gasteiger partial charge in [-0.05, 0) is 37.1 Å². The second-order valence-electron chi connectivity index (χ2n) is 7.57. The zero-order valence-electron chi connectivity index (χ0n) is 16.5. The summed E-state index contributed by atoms with van der Waals surface area (Å²) in [5.74, 6) is -1.00. The van der Waals surface area contributed by atoms with Crippen molar-refractivity contribution in [3.05, 3.63) is 77.2 Å². The normalized spacial score (nSPS) is 22.6. The minimum Gasteiger partial charge on any atom is -0.372 e. The Morgan fingerprint density at radius 3 is 2.17 bits per heavy atom. The molecule has 5 nitrogen and oxygen atoms in total. The van der Waals surface area contributed by atoms with Crippen molar-refractivity contribution in [3.8, 4) is 0 Å². The van der Waals surface area contributed by atoms with Crippen LogP contribution < -0.4 is 0 Å². The molecule has 150 valence electrons. The zero-order chi connectivity index (χ0) is 20.5. The third-order valence-corrected chi connectivity index (χ3v) is 5.20. The first-order chi connectivity index (χ1) is 13.9. The van der Waals surface area contributed by atoms with Gasteiger partial charge in [0.2, 0.25) is 0 Å². The van der Waals surface area contributed by atoms with Crippen LogP contribution in [-0.4, -0.2) is 46.9 Å². The minimum atomic E-state index is -0.354. The van der Waals surface area contributed by atoms with Gasteiger partial charge in [0.25, 0.3) is 11.8 Å². The van der Waals surface area contributed by atoms with Crippen molar-refractivity contribution >= 4 is 17.4 Å². The van der Waals surface area contributed by atoms with E-state index in [0.29, 0.717) is 35.5 Å². The molecule has 2 heterocycles. The molecule has 2 aliphatic heterocycles. The summed E-state index contributed by atoms with van der Waals surface area (Å²) in [7, 11) is 0. The topological polar surface area (TPSA) is 49.9 Å². The zero-order valence-corrected chi connectivity index (χ0v) is 16.5. The molecule has 2 aromatic carbocycles. The van der Waals surface area contributed by atoms with E-state index in [0.717, 1.165) is 0 Å². The largest absolute Gasteiger partial charge is 0.372 e. The lowest BCUT2D eigenvalue weighted by atomic mass is 10.0. The van der Waals surface area contributed by atoms with E-state index in [2.05, 4.69) is 0 Å². The van der Waals surface area contributed by atoms with E-state index in [1.54, 1.807) is 12.1 Å². The molecule has 2 amide bonds. The summed E-state index contributed by atoms with van der Waals surface area (Å²) < 4.78 is 19.0. The molecule has 29 heavy (non-hydrogen) atoms. The van der Waals surface area contributed by atoms with Crippen LogP contribution in [-0.2, 0) is 20.9 Å². The Labute approximate surface area is 169 Å². The minimum absolute atomic E-state index is 0.0441. The van der Waals surface area contributed by atoms with Crippen molar-refractivity contribution in [2.75, 3.05) is 13.1 Å². The maximum atomic E-state index is 13.4. The average molecular weight is 394 g/mol. The standard InChI is InChI=1S/C23H23FN2O3/c1-15-12-25(13-16(2)29-15)21-20(18-6-4-3-5-7-18)22(27)26(23(21)28)14-17-8-10-19(24)11-9-17/h3-11,15-16H,12-14H2,1-2H3. The Morgan fingerprint density at radius 2 is 1.55 bits per heavy atom. The summed E-state index contributed by atoms with van der Waals surface area (Å²) in [4.78, 5) is 29.9. The van der Waals surface area contributed by atoms with Crippen molar-refractivity contribution in [1.82, 2.24) is 9.80 Å². The number of benzene rings is 2. The number of hydrogen-bond donors (Lipinski definition) is 0. The molecular formula is C23H23FN2O3. The van der Waals surface area contributed by atoms with Gasteiger partial charge in [-0.15, -0.1) is 0 Å². The fourth-order valence-electron chi connectivity index (χ4n) is 4.00. The Kier molecular flexibility index (Phi) is 5.20. The van der Waals surface area contributed by atoms with Gasteiger partial charge in [0.15, 0.2) is 0 Å². The molecule has 0 saturated carbocycles. The maximum Gasteiger partial charge on any atom is 0.278 e. The summed E-state index contributed by atoms with van der Waals surface area (Å²) >= 11 is 0. The second-order valence-corrected chi connectivity index (χ2v) is 7.57. The molecule has 4 rings (SSSR count). The summed E-state index contributed by atoms with van der Waals surface area (Å²) in [6, 6.07) is 15.1. The van der Waals surface area contributed by atoms with Crippen LogP contribution >= 0.6 is 0 Å². The highest BCUT2D eigenvalue weighted by atomic mass is 19.1. The summed E-state index contributed by atoms with van der Waals surface area (Å²) in [5.41, 5.74) is 2.25. The van der Waals surface area contributed by atoms with Crippen molar-refractivity contribution in [2.45, 2.75) is 32.6 Å². The fraction of sp³-hybridized carbons (Fsp3) is 0.304. The van der Waals surface area contributed by atoms with E-state index in [-0.39, 0.29) is 36.4 Å². The smallest absolute Gasteiger partial charge is 0.278 e. The molecule has 0 N–H and O–H groups in total. The lowest BCUT2D eigenvalue weighted by Gasteiger charge is -2.37. The Balaban J connectivity index is 1.73. The SMILES string of the molecule is CC1CN(C2=C(c3ccccc3)C(=O)N(Cc3ccc(F)cc3)C2=O)CC(C)O1. The Morgan fingerprint density at radius 1 is 0.931 bits per heavy atom. The number of ether oxygens (including phenoxy) is 1. The third kappa shape index (κ3) is 3.80. The molecule has 1 saturated heterocycles. The van der Waals surface area contributed by atoms with Crippen molar-refractivity contribution < 1.29 is 18.7 Å². The number of nitrogens with zero attached hydrogens (tertiary/aromatic N) is 2. The number of imide groups is 1. The van der Waals surface area contributed by atoms with Gasteiger partial charge >= 0.3 is 0 Å². The highest BCUT2D eigenvalue weighted by Gasteiger charge is 2.42. The Hall–Kier alpha value is -2.99. The monoisotopic (exact) mass is 394 g/mol. The molecule has 1 fully saturated rings. The van der Waals surface area contributed by atoms with E-state index < -0.39 is 0 Å². The van der Waals surface area contributed by atoms with Crippen LogP contribution in [0.1, 0.15) is 25.0 Å². The van der Waals surface area contributed by atoms with Gasteiger partial charge < -0.3 is 9.64 Å². The summed E-state index contributed by atoms with van der Waals surface area (Å²) in [5, 5.41) is 0. The molecular weight excluding hydrogens is 371 g/mol. The maximum absolute atomic E-state index is 13.4. The molecule has 2 atom stereocenters. The van der Waals surface area contributed by atoms with Crippen LogP contribution in [0.2, 0.25) is 0 Å². The first-order valence-electron chi connectivity index (χ1n) is 9.74. The highest BCUT2D eigenvalue weighted by Crippen LogP contribution is 2.34. The average Bonchev–Trinajstić information content (AvgIpc) is 2.94. The number of carbonyl (C=O) groups is 2. The molecule has 2 aromatic rings. The quantitative estimate of drug-likeness (QED) is 0.748. The first-order valence-corrected chi connectivity index (χ1v) is 9.74. The van der Waals surface area contributed by atoms with Crippen LogP contribution in [0.4, 0.5) is 4.39 Å². The summed E-state index contributed by atoms with van der Waals surface area (Å²) in [6.07, 6.45) is -0.0883. The van der Waals surface area contributed by atoms with Gasteiger partial charge in [-0.2, -0.15) is 0 Å². The van der Waals surface area contributed by atoms with Gasteiger partial charge in [0.1, 0.15) is 11.5 Å². The molecule has 0 bridgehead atoms. The number of rotatable bonds is 4. The fourth-order valence-corrected chi connectivity index (χ4v) is 4.00. The number of hydrogen-bond acceptors (Lipinski definition) is 4. The van der Waals surface area contributed by atoms with Crippen LogP contribution in [0.3, 0.4) is 0 Å². The van der Waals surface area contributed by atoms with Crippen LogP contribution in [0.15, 0.2) is 60.3 Å². The van der Waals surface area contributed by atoms with E-state index in [4.69, 9.17) is 4.74 Å². The summed E-state index contributed by atoms with van der Waals surface area (Å²) in [6.45, 7) is 5.11. The van der Waals surface area contributed by atoms with Gasteiger partial charge in [0, 0.05) is 13.1 Å². The van der Waals surface area contributed by atoms with Crippen LogP contribution in [0, 0.1) is 5.82 Å². The predicted octanol–water partition coefficient (Wildman–Crippen LogP) is 3.22. The number of carbonyl (C=O) groups excluding carboxylic acids is 2. The Bertz CT molecular complexity index is 946. The second kappa shape index (κ2) is 7.79. The van der Waals surface area contributed by atoms with Gasteiger partial charge in [-0.25, -0.2) is 4.39 Å². The number of amides is 2. The molecule has 0 aliphatic carbocycles. The predicted molar refractivity (Wildman–Crippen MR) is 107 cm³/mol. The van der Waals surface area contributed by atoms with Crippen molar-refractivity contribution in [3.63, 3.8) is 0 Å². The van der Waals surface area contributed by atoms with E-state index in [1.165, 1.54) is 17.0 Å². The molecule has 0 radical (unpaired) electrons. The lowest BCUT2D eigenvalue weighted by molar-refractivity contribution is -0.139. The molecule has 0 aromatic heterocycles. The van der Waals surface area contributed by atoms with Gasteiger partial charge in [0.05, 0.1) is 24.3 Å². The number of morpholine rings is 1. The lowest BCUT2D eigenvalue weighted by Crippen LogP contribution is -2.46. The third-order valence-electron chi connectivity index (χ3n) is 5.20. The van der Waals surface area contributed by atoms with Gasteiger partial charge in [-0.3, -0.25) is 14.5 Å². The first kappa shape index (κ1) is 19.3.